The highest BCUT2D eigenvalue weighted by molar-refractivity contribution is 6.17. The predicted molar refractivity (Wildman–Crippen MR) is 80.9 cm³/mol. The van der Waals surface area contributed by atoms with Gasteiger partial charge >= 0.3 is 0 Å². The summed E-state index contributed by atoms with van der Waals surface area (Å²) in [5.74, 6) is 1.63. The molecule has 0 unspecified atom stereocenters. The minimum absolute atomic E-state index is 0.0195. The summed E-state index contributed by atoms with van der Waals surface area (Å²) >= 11 is 5.92. The van der Waals surface area contributed by atoms with Crippen molar-refractivity contribution in [2.75, 3.05) is 5.88 Å². The zero-order chi connectivity index (χ0) is 14.0. The van der Waals surface area contributed by atoms with Crippen LogP contribution >= 0.6 is 11.6 Å². The quantitative estimate of drug-likeness (QED) is 0.773. The fourth-order valence-electron chi connectivity index (χ4n) is 2.71. The van der Waals surface area contributed by atoms with E-state index >= 15 is 0 Å². The molecule has 0 aliphatic rings. The highest BCUT2D eigenvalue weighted by Crippen LogP contribution is 2.28. The molecule has 2 rings (SSSR count). The molecule has 0 saturated carbocycles. The van der Waals surface area contributed by atoms with Crippen LogP contribution in [0.25, 0.3) is 11.2 Å². The highest BCUT2D eigenvalue weighted by atomic mass is 35.5. The van der Waals surface area contributed by atoms with Crippen LogP contribution < -0.4 is 0 Å². The fraction of sp³-hybridized carbons (Fsp3) is 0.600. The lowest BCUT2D eigenvalue weighted by Gasteiger charge is -2.28. The van der Waals surface area contributed by atoms with Crippen LogP contribution in [0.1, 0.15) is 45.1 Å². The first-order valence-corrected chi connectivity index (χ1v) is 7.44. The Morgan fingerprint density at radius 2 is 2.00 bits per heavy atom. The van der Waals surface area contributed by atoms with Crippen LogP contribution in [0.15, 0.2) is 12.1 Å². The molecule has 2 heterocycles. The summed E-state index contributed by atoms with van der Waals surface area (Å²) in [6.45, 7) is 8.73. The third-order valence-corrected chi connectivity index (χ3v) is 3.69. The molecule has 3 nitrogen and oxygen atoms in total. The van der Waals surface area contributed by atoms with Crippen LogP contribution in [0.5, 0.6) is 0 Å². The van der Waals surface area contributed by atoms with E-state index in [9.17, 15) is 0 Å². The zero-order valence-corrected chi connectivity index (χ0v) is 13.0. The van der Waals surface area contributed by atoms with Crippen molar-refractivity contribution in [2.45, 2.75) is 52.5 Å². The fourth-order valence-corrected chi connectivity index (χ4v) is 2.88. The van der Waals surface area contributed by atoms with Gasteiger partial charge in [0.15, 0.2) is 5.65 Å². The molecule has 0 radical (unpaired) electrons. The van der Waals surface area contributed by atoms with Crippen molar-refractivity contribution in [1.29, 1.82) is 0 Å². The van der Waals surface area contributed by atoms with E-state index in [0.29, 0.717) is 5.88 Å². The van der Waals surface area contributed by atoms with Crippen LogP contribution in [-0.2, 0) is 12.0 Å². The second-order valence-electron chi connectivity index (χ2n) is 5.66. The van der Waals surface area contributed by atoms with E-state index < -0.39 is 0 Å². The van der Waals surface area contributed by atoms with Crippen molar-refractivity contribution >= 4 is 22.8 Å². The number of imidazole rings is 1. The summed E-state index contributed by atoms with van der Waals surface area (Å²) in [6, 6.07) is 4.06. The van der Waals surface area contributed by atoms with Crippen LogP contribution in [0.4, 0.5) is 0 Å². The average molecular weight is 280 g/mol. The third kappa shape index (κ3) is 2.76. The molecule has 0 aliphatic carbocycles. The van der Waals surface area contributed by atoms with Crippen LogP contribution in [0.3, 0.4) is 0 Å². The van der Waals surface area contributed by atoms with Crippen molar-refractivity contribution in [1.82, 2.24) is 14.5 Å². The molecule has 0 N–H and O–H groups in total. The summed E-state index contributed by atoms with van der Waals surface area (Å²) in [4.78, 5) is 9.39. The molecule has 4 heteroatoms. The monoisotopic (exact) mass is 279 g/mol. The van der Waals surface area contributed by atoms with Crippen molar-refractivity contribution in [3.8, 4) is 0 Å². The van der Waals surface area contributed by atoms with Crippen molar-refractivity contribution in [3.63, 3.8) is 0 Å². The molecule has 19 heavy (non-hydrogen) atoms. The zero-order valence-electron chi connectivity index (χ0n) is 12.2. The van der Waals surface area contributed by atoms with Crippen molar-refractivity contribution in [3.05, 3.63) is 23.7 Å². The van der Waals surface area contributed by atoms with Gasteiger partial charge in [-0.25, -0.2) is 9.97 Å². The number of halogens is 1. The van der Waals surface area contributed by atoms with Gasteiger partial charge in [-0.3, -0.25) is 0 Å². The van der Waals surface area contributed by atoms with Crippen molar-refractivity contribution in [2.24, 2.45) is 0 Å². The first-order chi connectivity index (χ1) is 8.99. The SMILES string of the molecule is CCCC(C)(C)n1c(CCCl)nc2ccc(C)nc21. The van der Waals surface area contributed by atoms with Gasteiger partial charge in [0, 0.05) is 23.5 Å². The van der Waals surface area contributed by atoms with E-state index in [1.165, 1.54) is 0 Å². The Labute approximate surface area is 120 Å². The number of aromatic nitrogens is 3. The second-order valence-corrected chi connectivity index (χ2v) is 6.04. The second kappa shape index (κ2) is 5.49. The highest BCUT2D eigenvalue weighted by Gasteiger charge is 2.25. The Morgan fingerprint density at radius 1 is 1.26 bits per heavy atom. The van der Waals surface area contributed by atoms with E-state index in [1.807, 2.05) is 19.1 Å². The molecule has 0 atom stereocenters. The molecule has 0 aromatic carbocycles. The summed E-state index contributed by atoms with van der Waals surface area (Å²) in [5.41, 5.74) is 3.00. The summed E-state index contributed by atoms with van der Waals surface area (Å²) in [5, 5.41) is 0. The molecule has 0 bridgehead atoms. The van der Waals surface area contributed by atoms with Gasteiger partial charge in [-0.15, -0.1) is 11.6 Å². The first-order valence-electron chi connectivity index (χ1n) is 6.91. The molecule has 0 aliphatic heterocycles. The molecule has 0 spiro atoms. The van der Waals surface area contributed by atoms with Gasteiger partial charge in [0.25, 0.3) is 0 Å². The Morgan fingerprint density at radius 3 is 2.63 bits per heavy atom. The van der Waals surface area contributed by atoms with Crippen LogP contribution in [-0.4, -0.2) is 20.4 Å². The number of alkyl halides is 1. The lowest BCUT2D eigenvalue weighted by atomic mass is 9.98. The first kappa shape index (κ1) is 14.3. The van der Waals surface area contributed by atoms with Gasteiger partial charge in [-0.1, -0.05) is 13.3 Å². The van der Waals surface area contributed by atoms with Gasteiger partial charge in [-0.2, -0.15) is 0 Å². The standard InChI is InChI=1S/C15H22ClN3/c1-5-9-15(3,4)19-13(8-10-16)18-12-7-6-11(2)17-14(12)19/h6-7H,5,8-10H2,1-4H3. The lowest BCUT2D eigenvalue weighted by Crippen LogP contribution is -2.28. The number of aryl methyl sites for hydroxylation is 2. The predicted octanol–water partition coefficient (Wildman–Crippen LogP) is 4.06. The van der Waals surface area contributed by atoms with Gasteiger partial charge in [-0.05, 0) is 39.3 Å². The minimum Gasteiger partial charge on any atom is -0.307 e. The van der Waals surface area contributed by atoms with Gasteiger partial charge in [0.1, 0.15) is 11.3 Å². The van der Waals surface area contributed by atoms with E-state index in [1.54, 1.807) is 0 Å². The number of hydrogen-bond acceptors (Lipinski definition) is 2. The summed E-state index contributed by atoms with van der Waals surface area (Å²) in [6.07, 6.45) is 3.02. The van der Waals surface area contributed by atoms with Gasteiger partial charge < -0.3 is 4.57 Å². The third-order valence-electron chi connectivity index (χ3n) is 3.50. The van der Waals surface area contributed by atoms with Crippen LogP contribution in [0, 0.1) is 6.92 Å². The Kier molecular flexibility index (Phi) is 4.14. The Balaban J connectivity index is 2.66. The smallest absolute Gasteiger partial charge is 0.160 e. The molecule has 0 amide bonds. The average Bonchev–Trinajstić information content (AvgIpc) is 2.67. The normalized spacial score (nSPS) is 12.3. The van der Waals surface area contributed by atoms with Crippen LogP contribution in [0.2, 0.25) is 0 Å². The number of fused-ring (bicyclic) bond motifs is 1. The van der Waals surface area contributed by atoms with E-state index in [4.69, 9.17) is 16.6 Å². The largest absolute Gasteiger partial charge is 0.307 e. The summed E-state index contributed by atoms with van der Waals surface area (Å²) in [7, 11) is 0. The molecule has 0 saturated heterocycles. The molecule has 2 aromatic rings. The minimum atomic E-state index is 0.0195. The molecular weight excluding hydrogens is 258 g/mol. The van der Waals surface area contributed by atoms with E-state index in [-0.39, 0.29) is 5.54 Å². The number of nitrogens with zero attached hydrogens (tertiary/aromatic N) is 3. The molecule has 104 valence electrons. The van der Waals surface area contributed by atoms with E-state index in [2.05, 4.69) is 30.3 Å². The van der Waals surface area contributed by atoms with Gasteiger partial charge in [0.05, 0.1) is 0 Å². The maximum absolute atomic E-state index is 5.92. The summed E-state index contributed by atoms with van der Waals surface area (Å²) < 4.78 is 2.28. The maximum Gasteiger partial charge on any atom is 0.160 e. The topological polar surface area (TPSA) is 30.7 Å². The number of hydrogen-bond donors (Lipinski definition) is 0. The molecule has 0 fully saturated rings. The lowest BCUT2D eigenvalue weighted by molar-refractivity contribution is 0.322. The number of pyridine rings is 1. The van der Waals surface area contributed by atoms with E-state index in [0.717, 1.165) is 41.9 Å². The Hall–Kier alpha value is -1.09. The Bertz CT molecular complexity index is 572. The molecule has 2 aromatic heterocycles. The number of rotatable bonds is 5. The van der Waals surface area contributed by atoms with Crippen molar-refractivity contribution < 1.29 is 0 Å². The maximum atomic E-state index is 5.92. The molecular formula is C15H22ClN3. The van der Waals surface area contributed by atoms with Gasteiger partial charge in [0.2, 0.25) is 0 Å².